The lowest BCUT2D eigenvalue weighted by atomic mass is 10.1. The molecule has 0 aliphatic heterocycles. The number of nitrogens with two attached hydrogens (primary N) is 2. The molecule has 0 spiro atoms. The molecule has 0 radical (unpaired) electrons. The zero-order valence-corrected chi connectivity index (χ0v) is 13.5. The molecule has 0 atom stereocenters. The predicted octanol–water partition coefficient (Wildman–Crippen LogP) is 2.18. The van der Waals surface area contributed by atoms with Crippen molar-refractivity contribution in [3.05, 3.63) is 57.9 Å². The van der Waals surface area contributed by atoms with Crippen LogP contribution >= 0.6 is 23.2 Å². The highest BCUT2D eigenvalue weighted by Gasteiger charge is 2.13. The van der Waals surface area contributed by atoms with Gasteiger partial charge >= 0.3 is 0 Å². The van der Waals surface area contributed by atoms with E-state index in [1.807, 2.05) is 6.07 Å². The van der Waals surface area contributed by atoms with Crippen LogP contribution in [-0.2, 0) is 13.0 Å². The molecule has 0 aliphatic carbocycles. The Bertz CT molecular complexity index is 810. The summed E-state index contributed by atoms with van der Waals surface area (Å²) in [5.41, 5.74) is 13.6. The van der Waals surface area contributed by atoms with Gasteiger partial charge in [-0.25, -0.2) is 19.6 Å². The molecule has 4 N–H and O–H groups in total. The van der Waals surface area contributed by atoms with Crippen molar-refractivity contribution in [3.8, 4) is 0 Å². The highest BCUT2D eigenvalue weighted by Crippen LogP contribution is 2.26. The Morgan fingerprint density at radius 1 is 1.09 bits per heavy atom. The zero-order chi connectivity index (χ0) is 16.4. The third-order valence-electron chi connectivity index (χ3n) is 3.27. The summed E-state index contributed by atoms with van der Waals surface area (Å²) >= 11 is 12.1. The van der Waals surface area contributed by atoms with Gasteiger partial charge in [-0.05, 0) is 17.7 Å². The van der Waals surface area contributed by atoms with E-state index >= 15 is 0 Å². The van der Waals surface area contributed by atoms with Crippen molar-refractivity contribution in [2.75, 3.05) is 11.5 Å². The highest BCUT2D eigenvalue weighted by molar-refractivity contribution is 6.35. The molecule has 1 aromatic carbocycles. The Labute approximate surface area is 142 Å². The van der Waals surface area contributed by atoms with Gasteiger partial charge in [-0.15, -0.1) is 0 Å². The molecule has 118 valence electrons. The summed E-state index contributed by atoms with van der Waals surface area (Å²) in [5, 5.41) is 5.11. The maximum atomic E-state index is 6.18. The van der Waals surface area contributed by atoms with E-state index < -0.39 is 0 Å². The van der Waals surface area contributed by atoms with Gasteiger partial charge in [-0.1, -0.05) is 29.3 Å². The minimum Gasteiger partial charge on any atom is -0.383 e. The molecule has 0 unspecified atom stereocenters. The number of anilines is 2. The Balaban J connectivity index is 1.88. The van der Waals surface area contributed by atoms with Crippen LogP contribution in [0.3, 0.4) is 0 Å². The van der Waals surface area contributed by atoms with E-state index in [0.717, 1.165) is 5.56 Å². The van der Waals surface area contributed by atoms with Crippen LogP contribution in [0.25, 0.3) is 0 Å². The summed E-state index contributed by atoms with van der Waals surface area (Å²) in [6.45, 7) is 0.344. The summed E-state index contributed by atoms with van der Waals surface area (Å²) < 4.78 is 1.59. The summed E-state index contributed by atoms with van der Waals surface area (Å²) in [7, 11) is 0. The van der Waals surface area contributed by atoms with E-state index in [0.29, 0.717) is 46.0 Å². The highest BCUT2D eigenvalue weighted by atomic mass is 35.5. The Hall–Kier alpha value is -2.38. The van der Waals surface area contributed by atoms with Crippen molar-refractivity contribution in [3.63, 3.8) is 0 Å². The molecule has 3 rings (SSSR count). The lowest BCUT2D eigenvalue weighted by Gasteiger charge is -2.11. The number of aromatic nitrogens is 5. The molecule has 9 heteroatoms. The number of nitrogen functional groups attached to an aromatic ring is 2. The van der Waals surface area contributed by atoms with E-state index in [-0.39, 0.29) is 0 Å². The molecule has 3 aromatic rings. The minimum atomic E-state index is 0.318. The van der Waals surface area contributed by atoms with Crippen LogP contribution in [0.5, 0.6) is 0 Å². The fraction of sp³-hybridized carbons (Fsp3) is 0.143. The van der Waals surface area contributed by atoms with Crippen LogP contribution in [-0.4, -0.2) is 24.7 Å². The molecule has 0 bridgehead atoms. The second kappa shape index (κ2) is 6.39. The number of hydrogen-bond acceptors (Lipinski definition) is 6. The topological polar surface area (TPSA) is 109 Å². The average Bonchev–Trinajstić information content (AvgIpc) is 2.97. The lowest BCUT2D eigenvalue weighted by Crippen LogP contribution is -2.12. The molecule has 0 aliphatic rings. The second-order valence-electron chi connectivity index (χ2n) is 4.89. The smallest absolute Gasteiger partial charge is 0.154 e. The third kappa shape index (κ3) is 3.52. The molecule has 0 fully saturated rings. The van der Waals surface area contributed by atoms with Crippen LogP contribution in [0.1, 0.15) is 17.0 Å². The van der Waals surface area contributed by atoms with Gasteiger partial charge in [0.15, 0.2) is 5.82 Å². The van der Waals surface area contributed by atoms with Crippen LogP contribution in [0.2, 0.25) is 10.0 Å². The normalized spacial score (nSPS) is 10.9. The Morgan fingerprint density at radius 2 is 1.83 bits per heavy atom. The Kier molecular flexibility index (Phi) is 4.31. The average molecular weight is 350 g/mol. The molecule has 2 aromatic heterocycles. The number of halogens is 2. The summed E-state index contributed by atoms with van der Waals surface area (Å²) in [5.74, 6) is 1.11. The van der Waals surface area contributed by atoms with Crippen molar-refractivity contribution in [2.45, 2.75) is 13.0 Å². The van der Waals surface area contributed by atoms with Crippen LogP contribution in [0.4, 0.5) is 11.6 Å². The van der Waals surface area contributed by atoms with Gasteiger partial charge in [0, 0.05) is 22.0 Å². The van der Waals surface area contributed by atoms with Gasteiger partial charge in [0.25, 0.3) is 0 Å². The van der Waals surface area contributed by atoms with E-state index in [2.05, 4.69) is 20.1 Å². The first-order valence-corrected chi connectivity index (χ1v) is 7.45. The predicted molar refractivity (Wildman–Crippen MR) is 89.2 cm³/mol. The Morgan fingerprint density at radius 3 is 2.43 bits per heavy atom. The van der Waals surface area contributed by atoms with E-state index in [4.69, 9.17) is 34.7 Å². The summed E-state index contributed by atoms with van der Waals surface area (Å²) in [4.78, 5) is 12.4. The molecule has 0 saturated carbocycles. The van der Waals surface area contributed by atoms with Gasteiger partial charge < -0.3 is 11.5 Å². The first kappa shape index (κ1) is 15.5. The maximum absolute atomic E-state index is 6.18. The molecule has 7 nitrogen and oxygen atoms in total. The first-order chi connectivity index (χ1) is 11.0. The minimum absolute atomic E-state index is 0.318. The molecular formula is C14H13Cl2N7. The first-order valence-electron chi connectivity index (χ1n) is 6.70. The fourth-order valence-electron chi connectivity index (χ4n) is 2.14. The van der Waals surface area contributed by atoms with Gasteiger partial charge in [0.1, 0.15) is 30.8 Å². The van der Waals surface area contributed by atoms with Crippen LogP contribution < -0.4 is 11.5 Å². The van der Waals surface area contributed by atoms with E-state index in [1.165, 1.54) is 6.33 Å². The largest absolute Gasteiger partial charge is 0.383 e. The molecule has 0 amide bonds. The molecule has 0 saturated heterocycles. The van der Waals surface area contributed by atoms with Gasteiger partial charge in [0.2, 0.25) is 0 Å². The summed E-state index contributed by atoms with van der Waals surface area (Å²) in [6, 6.07) is 5.26. The number of rotatable bonds is 4. The van der Waals surface area contributed by atoms with Gasteiger partial charge in [-0.3, -0.25) is 0 Å². The van der Waals surface area contributed by atoms with Crippen molar-refractivity contribution in [1.82, 2.24) is 24.7 Å². The molecule has 2 heterocycles. The van der Waals surface area contributed by atoms with Crippen LogP contribution in [0, 0.1) is 0 Å². The molecular weight excluding hydrogens is 337 g/mol. The number of nitrogens with zero attached hydrogens (tertiary/aromatic N) is 5. The number of hydrogen-bond donors (Lipinski definition) is 2. The van der Waals surface area contributed by atoms with Gasteiger partial charge in [0.05, 0.1) is 0 Å². The standard InChI is InChI=1S/C14H13Cl2N7/c15-9-2-1-8(11(16)4-9)3-10-13(17)21-12(22-14(10)18)5-23-7-19-6-20-23/h1-2,4,6-7H,3,5H2,(H4,17,18,21,22). The fourth-order valence-corrected chi connectivity index (χ4v) is 2.61. The zero-order valence-electron chi connectivity index (χ0n) is 11.9. The van der Waals surface area contributed by atoms with Gasteiger partial charge in [-0.2, -0.15) is 5.10 Å². The second-order valence-corrected chi connectivity index (χ2v) is 5.74. The van der Waals surface area contributed by atoms with Crippen LogP contribution in [0.15, 0.2) is 30.9 Å². The molecule has 23 heavy (non-hydrogen) atoms. The van der Waals surface area contributed by atoms with Crippen molar-refractivity contribution in [2.24, 2.45) is 0 Å². The number of benzene rings is 1. The van der Waals surface area contributed by atoms with E-state index in [1.54, 1.807) is 23.1 Å². The monoisotopic (exact) mass is 349 g/mol. The van der Waals surface area contributed by atoms with Crippen molar-refractivity contribution >= 4 is 34.8 Å². The lowest BCUT2D eigenvalue weighted by molar-refractivity contribution is 0.654. The quantitative estimate of drug-likeness (QED) is 0.747. The maximum Gasteiger partial charge on any atom is 0.154 e. The third-order valence-corrected chi connectivity index (χ3v) is 3.86. The van der Waals surface area contributed by atoms with Crippen molar-refractivity contribution < 1.29 is 0 Å². The SMILES string of the molecule is Nc1nc(Cn2cncn2)nc(N)c1Cc1ccc(Cl)cc1Cl. The van der Waals surface area contributed by atoms with Crippen molar-refractivity contribution in [1.29, 1.82) is 0 Å². The summed E-state index contributed by atoms with van der Waals surface area (Å²) in [6.07, 6.45) is 3.43. The van der Waals surface area contributed by atoms with E-state index in [9.17, 15) is 0 Å².